The molecule has 1 atom stereocenters. The van der Waals surface area contributed by atoms with Crippen molar-refractivity contribution in [1.29, 1.82) is 0 Å². The van der Waals surface area contributed by atoms with Crippen molar-refractivity contribution in [3.63, 3.8) is 0 Å². The molecule has 0 N–H and O–H groups in total. The Morgan fingerprint density at radius 2 is 2.27 bits per heavy atom. The van der Waals surface area contributed by atoms with E-state index in [0.717, 1.165) is 6.42 Å². The van der Waals surface area contributed by atoms with E-state index in [1.54, 1.807) is 0 Å². The van der Waals surface area contributed by atoms with E-state index >= 15 is 0 Å². The Kier molecular flexibility index (Phi) is 6.77. The third-order valence-corrected chi connectivity index (χ3v) is 1.67. The van der Waals surface area contributed by atoms with E-state index in [9.17, 15) is 4.79 Å². The van der Waals surface area contributed by atoms with Gasteiger partial charge in [-0.2, -0.15) is 0 Å². The first-order valence-electron chi connectivity index (χ1n) is 3.59. The van der Waals surface area contributed by atoms with E-state index in [1.165, 1.54) is 0 Å². The van der Waals surface area contributed by atoms with Crippen molar-refractivity contribution in [2.24, 2.45) is 0 Å². The molecule has 0 aliphatic heterocycles. The largest absolute Gasteiger partial charge is 0.463 e. The maximum atomic E-state index is 10.9. The van der Waals surface area contributed by atoms with Gasteiger partial charge in [-0.15, -0.1) is 23.2 Å². The summed E-state index contributed by atoms with van der Waals surface area (Å²) in [5.74, 6) is -0.0456. The van der Waals surface area contributed by atoms with Crippen LogP contribution in [0.1, 0.15) is 19.8 Å². The molecule has 4 heteroatoms. The summed E-state index contributed by atoms with van der Waals surface area (Å²) in [4.78, 5) is 10.9. The van der Waals surface area contributed by atoms with Gasteiger partial charge >= 0.3 is 5.97 Å². The topological polar surface area (TPSA) is 26.3 Å². The van der Waals surface area contributed by atoms with E-state index in [2.05, 4.69) is 0 Å². The van der Waals surface area contributed by atoms with Gasteiger partial charge in [0.1, 0.15) is 12.0 Å². The Morgan fingerprint density at radius 1 is 1.64 bits per heavy atom. The minimum atomic E-state index is -0.511. The molecule has 11 heavy (non-hydrogen) atoms. The molecule has 0 fully saturated rings. The molecule has 0 unspecified atom stereocenters. The molecule has 0 aliphatic rings. The number of hydrogen-bond acceptors (Lipinski definition) is 2. The van der Waals surface area contributed by atoms with Gasteiger partial charge < -0.3 is 4.74 Å². The summed E-state index contributed by atoms with van der Waals surface area (Å²) < 4.78 is 4.70. The number of ether oxygens (including phenoxy) is 1. The normalized spacial score (nSPS) is 12.6. The maximum Gasteiger partial charge on any atom is 0.324 e. The van der Waals surface area contributed by atoms with Crippen LogP contribution in [0.15, 0.2) is 0 Å². The number of carbonyl (C=O) groups is 1. The maximum absolute atomic E-state index is 10.9. The quantitative estimate of drug-likeness (QED) is 0.501. The van der Waals surface area contributed by atoms with Gasteiger partial charge in [0.15, 0.2) is 0 Å². The first-order chi connectivity index (χ1) is 5.22. The SMILES string of the molecule is CCC[C@@H](Cl)C(=O)OCCCl. The molecular weight excluding hydrogens is 187 g/mol. The molecule has 0 radical (unpaired) electrons. The predicted octanol–water partition coefficient (Wildman–Crippen LogP) is 2.18. The molecule has 0 bridgehead atoms. The van der Waals surface area contributed by atoms with Gasteiger partial charge in [0.25, 0.3) is 0 Å². The summed E-state index contributed by atoms with van der Waals surface area (Å²) >= 11 is 11.0. The van der Waals surface area contributed by atoms with Crippen molar-refractivity contribution in [2.75, 3.05) is 12.5 Å². The van der Waals surface area contributed by atoms with Crippen LogP contribution < -0.4 is 0 Å². The highest BCUT2D eigenvalue weighted by Crippen LogP contribution is 2.06. The van der Waals surface area contributed by atoms with Crippen LogP contribution in [-0.2, 0) is 9.53 Å². The van der Waals surface area contributed by atoms with Crippen molar-refractivity contribution in [3.8, 4) is 0 Å². The zero-order valence-electron chi connectivity index (χ0n) is 6.48. The number of alkyl halides is 2. The van der Waals surface area contributed by atoms with Gasteiger partial charge in [0.05, 0.1) is 5.88 Å². The Hall–Kier alpha value is 0.0500. The zero-order chi connectivity index (χ0) is 8.69. The van der Waals surface area contributed by atoms with Crippen molar-refractivity contribution < 1.29 is 9.53 Å². The van der Waals surface area contributed by atoms with Crippen LogP contribution in [0, 0.1) is 0 Å². The molecule has 0 aliphatic carbocycles. The standard InChI is InChI=1S/C7H12Cl2O2/c1-2-3-6(9)7(10)11-5-4-8/h6H,2-5H2,1H3/t6-/m1/s1. The molecule has 0 rings (SSSR count). The average molecular weight is 199 g/mol. The molecule has 0 aromatic heterocycles. The number of rotatable bonds is 5. The molecule has 66 valence electrons. The van der Waals surface area contributed by atoms with Crippen molar-refractivity contribution >= 4 is 29.2 Å². The van der Waals surface area contributed by atoms with Crippen LogP contribution >= 0.6 is 23.2 Å². The molecule has 2 nitrogen and oxygen atoms in total. The average Bonchev–Trinajstić information content (AvgIpc) is 2.00. The predicted molar refractivity (Wildman–Crippen MR) is 46.2 cm³/mol. The van der Waals surface area contributed by atoms with E-state index in [0.29, 0.717) is 12.3 Å². The van der Waals surface area contributed by atoms with Gasteiger partial charge in [-0.1, -0.05) is 13.3 Å². The van der Waals surface area contributed by atoms with Gasteiger partial charge in [-0.05, 0) is 6.42 Å². The lowest BCUT2D eigenvalue weighted by Gasteiger charge is -2.06. The minimum Gasteiger partial charge on any atom is -0.463 e. The second-order valence-corrected chi connectivity index (χ2v) is 3.02. The molecule has 0 aromatic rings. The summed E-state index contributed by atoms with van der Waals surface area (Å²) in [5.41, 5.74) is 0. The zero-order valence-corrected chi connectivity index (χ0v) is 7.99. The fourth-order valence-electron chi connectivity index (χ4n) is 0.601. The Bertz CT molecular complexity index is 117. The third-order valence-electron chi connectivity index (χ3n) is 1.12. The lowest BCUT2D eigenvalue weighted by molar-refractivity contribution is -0.142. The highest BCUT2D eigenvalue weighted by atomic mass is 35.5. The number of carbonyl (C=O) groups excluding carboxylic acids is 1. The summed E-state index contributed by atoms with van der Waals surface area (Å²) in [6, 6.07) is 0. The number of hydrogen-bond donors (Lipinski definition) is 0. The van der Waals surface area contributed by atoms with E-state index in [4.69, 9.17) is 27.9 Å². The van der Waals surface area contributed by atoms with Crippen LogP contribution in [-0.4, -0.2) is 23.8 Å². The molecule has 0 spiro atoms. The smallest absolute Gasteiger partial charge is 0.324 e. The fraction of sp³-hybridized carbons (Fsp3) is 0.857. The monoisotopic (exact) mass is 198 g/mol. The molecule has 0 saturated carbocycles. The summed E-state index contributed by atoms with van der Waals surface area (Å²) in [7, 11) is 0. The molecule has 0 saturated heterocycles. The Balaban J connectivity index is 3.47. The summed E-state index contributed by atoms with van der Waals surface area (Å²) in [6.07, 6.45) is 1.53. The van der Waals surface area contributed by atoms with Crippen LogP contribution in [0.2, 0.25) is 0 Å². The van der Waals surface area contributed by atoms with Crippen LogP contribution in [0.4, 0.5) is 0 Å². The van der Waals surface area contributed by atoms with Crippen molar-refractivity contribution in [3.05, 3.63) is 0 Å². The van der Waals surface area contributed by atoms with E-state index < -0.39 is 5.38 Å². The first-order valence-corrected chi connectivity index (χ1v) is 4.56. The van der Waals surface area contributed by atoms with Gasteiger partial charge in [-0.25, -0.2) is 0 Å². The highest BCUT2D eigenvalue weighted by Gasteiger charge is 2.14. The minimum absolute atomic E-state index is 0.243. The van der Waals surface area contributed by atoms with E-state index in [1.807, 2.05) is 6.92 Å². The lowest BCUT2D eigenvalue weighted by atomic mass is 10.2. The van der Waals surface area contributed by atoms with Gasteiger partial charge in [0, 0.05) is 0 Å². The van der Waals surface area contributed by atoms with Crippen LogP contribution in [0.25, 0.3) is 0 Å². The fourth-order valence-corrected chi connectivity index (χ4v) is 0.959. The Labute approximate surface area is 76.8 Å². The van der Waals surface area contributed by atoms with Crippen molar-refractivity contribution in [1.82, 2.24) is 0 Å². The van der Waals surface area contributed by atoms with E-state index in [-0.39, 0.29) is 12.6 Å². The first kappa shape index (κ1) is 11.1. The molecular formula is C7H12Cl2O2. The Morgan fingerprint density at radius 3 is 2.73 bits per heavy atom. The molecule has 0 aromatic carbocycles. The lowest BCUT2D eigenvalue weighted by Crippen LogP contribution is -2.18. The second-order valence-electron chi connectivity index (χ2n) is 2.11. The number of esters is 1. The van der Waals surface area contributed by atoms with Crippen LogP contribution in [0.5, 0.6) is 0 Å². The second kappa shape index (κ2) is 6.74. The van der Waals surface area contributed by atoms with Crippen molar-refractivity contribution in [2.45, 2.75) is 25.1 Å². The summed E-state index contributed by atoms with van der Waals surface area (Å²) in [5, 5.41) is -0.511. The number of halogens is 2. The molecule has 0 amide bonds. The summed E-state index contributed by atoms with van der Waals surface area (Å²) in [6.45, 7) is 2.21. The van der Waals surface area contributed by atoms with Crippen LogP contribution in [0.3, 0.4) is 0 Å². The molecule has 0 heterocycles. The van der Waals surface area contributed by atoms with Gasteiger partial charge in [0.2, 0.25) is 0 Å². The highest BCUT2D eigenvalue weighted by molar-refractivity contribution is 6.29. The van der Waals surface area contributed by atoms with Gasteiger partial charge in [-0.3, -0.25) is 4.79 Å². The third kappa shape index (κ3) is 5.33.